The Morgan fingerprint density at radius 3 is 2.45 bits per heavy atom. The average molecular weight is 345 g/mol. The molecule has 22 heavy (non-hydrogen) atoms. The first-order valence-electron chi connectivity index (χ1n) is 6.00. The second-order valence-corrected chi connectivity index (χ2v) is 5.20. The van der Waals surface area contributed by atoms with Crippen LogP contribution in [-0.2, 0) is 11.3 Å². The lowest BCUT2D eigenvalue weighted by Crippen LogP contribution is -2.04. The zero-order valence-corrected chi connectivity index (χ0v) is 13.8. The molecule has 3 aromatic rings. The summed E-state index contributed by atoms with van der Waals surface area (Å²) in [7, 11) is 0. The first-order chi connectivity index (χ1) is 9.90. The summed E-state index contributed by atoms with van der Waals surface area (Å²) >= 11 is -2.39. The van der Waals surface area contributed by atoms with Gasteiger partial charge in [0, 0.05) is 5.56 Å². The second-order valence-electron chi connectivity index (χ2n) is 4.42. The highest BCUT2D eigenvalue weighted by Gasteiger charge is 2.03. The lowest BCUT2D eigenvalue weighted by atomic mass is 10.2. The van der Waals surface area contributed by atoms with E-state index in [2.05, 4.69) is 15.5 Å². The quantitative estimate of drug-likeness (QED) is 0.666. The lowest BCUT2D eigenvalue weighted by Gasteiger charge is -2.03. The number of rotatable bonds is 1. The summed E-state index contributed by atoms with van der Waals surface area (Å²) in [6.45, 7) is 5.62. The summed E-state index contributed by atoms with van der Waals surface area (Å²) in [6, 6.07) is 5.28. The van der Waals surface area contributed by atoms with E-state index in [4.69, 9.17) is 10.3 Å². The van der Waals surface area contributed by atoms with Gasteiger partial charge in [0.1, 0.15) is 16.8 Å². The van der Waals surface area contributed by atoms with Crippen LogP contribution in [0.1, 0.15) is 16.9 Å². The van der Waals surface area contributed by atoms with Crippen LogP contribution < -0.4 is 5.73 Å². The molecule has 0 fully saturated rings. The number of fused-ring (bicyclic) bond motifs is 1. The number of aromatic nitrogens is 4. The van der Waals surface area contributed by atoms with Gasteiger partial charge in [-0.05, 0) is 38.5 Å². The molecule has 8 nitrogen and oxygen atoms in total. The number of aryl methyl sites for hydroxylation is 2. The van der Waals surface area contributed by atoms with Crippen molar-refractivity contribution in [3.8, 4) is 0 Å². The van der Waals surface area contributed by atoms with Gasteiger partial charge < -0.3 is 14.8 Å². The molecule has 0 aliphatic carbocycles. The van der Waals surface area contributed by atoms with Crippen molar-refractivity contribution in [2.75, 3.05) is 5.73 Å². The van der Waals surface area contributed by atoms with Crippen molar-refractivity contribution in [3.05, 3.63) is 35.1 Å². The Morgan fingerprint density at radius 1 is 1.32 bits per heavy atom. The fourth-order valence-electron chi connectivity index (χ4n) is 1.56. The van der Waals surface area contributed by atoms with Gasteiger partial charge >= 0.3 is 0 Å². The highest BCUT2D eigenvalue weighted by Crippen LogP contribution is 2.13. The molecule has 0 bridgehead atoms. The molecule has 1 atom stereocenters. The summed E-state index contributed by atoms with van der Waals surface area (Å²) in [5, 5.41) is 10.7. The second kappa shape index (κ2) is 7.34. The minimum absolute atomic E-state index is 0. The van der Waals surface area contributed by atoms with Gasteiger partial charge in [-0.25, -0.2) is 0 Å². The number of hydrogen-bond acceptors (Lipinski definition) is 7. The molecule has 3 rings (SSSR count). The maximum atomic E-state index is 10.6. The number of nitrogens with zero attached hydrogens (tertiary/aromatic N) is 4. The van der Waals surface area contributed by atoms with Crippen LogP contribution in [0.2, 0.25) is 0 Å². The molecule has 0 amide bonds. The van der Waals surface area contributed by atoms with Crippen molar-refractivity contribution in [1.82, 2.24) is 19.6 Å². The third-order valence-electron chi connectivity index (χ3n) is 2.91. The van der Waals surface area contributed by atoms with E-state index in [-0.39, 0.29) is 12.4 Å². The van der Waals surface area contributed by atoms with E-state index in [1.54, 1.807) is 12.1 Å². The zero-order chi connectivity index (χ0) is 15.6. The Morgan fingerprint density at radius 2 is 2.00 bits per heavy atom. The minimum Gasteiger partial charge on any atom is -0.754 e. The number of benzene rings is 1. The zero-order valence-electron chi connectivity index (χ0n) is 12.1. The monoisotopic (exact) mass is 344 g/mol. The molecular formula is C12H15ClN5O3S-. The topological polar surface area (TPSA) is 123 Å². The van der Waals surface area contributed by atoms with Gasteiger partial charge in [0.2, 0.25) is 0 Å². The van der Waals surface area contributed by atoms with Crippen LogP contribution in [0, 0.1) is 20.8 Å². The van der Waals surface area contributed by atoms with Crippen LogP contribution in [0.25, 0.3) is 11.0 Å². The molecule has 0 aliphatic rings. The molecule has 1 unspecified atom stereocenters. The highest BCUT2D eigenvalue weighted by molar-refractivity contribution is 7.77. The van der Waals surface area contributed by atoms with Crippen molar-refractivity contribution in [1.29, 1.82) is 0 Å². The fraction of sp³-hybridized carbons (Fsp3) is 0.250. The Bertz CT molecular complexity index is 782. The lowest BCUT2D eigenvalue weighted by molar-refractivity contribution is 0.399. The molecule has 2 aromatic heterocycles. The van der Waals surface area contributed by atoms with Crippen molar-refractivity contribution >= 4 is 40.5 Å². The summed E-state index contributed by atoms with van der Waals surface area (Å²) in [5.74, 6) is 1.28. The molecule has 10 heteroatoms. The third kappa shape index (κ3) is 3.81. The van der Waals surface area contributed by atoms with Gasteiger partial charge in [0.15, 0.2) is 5.82 Å². The summed E-state index contributed by atoms with van der Waals surface area (Å²) in [4.78, 5) is 0. The Balaban J connectivity index is 0.000000234. The van der Waals surface area contributed by atoms with Gasteiger partial charge in [-0.15, -0.1) is 17.5 Å². The van der Waals surface area contributed by atoms with Gasteiger partial charge in [-0.2, -0.15) is 4.09 Å². The number of anilines is 1. The maximum Gasteiger partial charge on any atom is 0.169 e. The van der Waals surface area contributed by atoms with E-state index >= 15 is 0 Å². The van der Waals surface area contributed by atoms with Crippen LogP contribution >= 0.6 is 12.4 Å². The summed E-state index contributed by atoms with van der Waals surface area (Å²) in [6.07, 6.45) is 0. The predicted molar refractivity (Wildman–Crippen MR) is 84.2 cm³/mol. The fourth-order valence-corrected chi connectivity index (χ4v) is 1.97. The number of nitrogen functional groups attached to an aromatic ring is 1. The van der Waals surface area contributed by atoms with Crippen LogP contribution in [0.15, 0.2) is 22.7 Å². The number of hydrogen-bond donors (Lipinski definition) is 1. The first-order valence-corrected chi connectivity index (χ1v) is 7.03. The van der Waals surface area contributed by atoms with Crippen molar-refractivity contribution in [3.63, 3.8) is 0 Å². The van der Waals surface area contributed by atoms with Gasteiger partial charge in [0.25, 0.3) is 0 Å². The van der Waals surface area contributed by atoms with Crippen LogP contribution in [-0.4, -0.2) is 28.3 Å². The van der Waals surface area contributed by atoms with E-state index < -0.39 is 11.3 Å². The molecule has 0 saturated heterocycles. The molecule has 0 aliphatic heterocycles. The molecule has 0 spiro atoms. The molecule has 1 aromatic carbocycles. The van der Waals surface area contributed by atoms with Crippen LogP contribution in [0.4, 0.5) is 5.82 Å². The minimum atomic E-state index is -2.39. The molecule has 0 radical (unpaired) electrons. The molecular weight excluding hydrogens is 330 g/mol. The molecule has 0 saturated carbocycles. The van der Waals surface area contributed by atoms with E-state index in [0.717, 1.165) is 21.0 Å². The Hall–Kier alpha value is -1.97. The van der Waals surface area contributed by atoms with Crippen molar-refractivity contribution < 1.29 is 13.3 Å². The summed E-state index contributed by atoms with van der Waals surface area (Å²) in [5.41, 5.74) is 8.38. The van der Waals surface area contributed by atoms with Gasteiger partial charge in [-0.3, -0.25) is 4.21 Å². The maximum absolute atomic E-state index is 10.6. The van der Waals surface area contributed by atoms with Crippen LogP contribution in [0.3, 0.4) is 0 Å². The van der Waals surface area contributed by atoms with E-state index in [1.807, 2.05) is 26.8 Å². The Labute approximate surface area is 135 Å². The molecule has 2 heterocycles. The predicted octanol–water partition coefficient (Wildman–Crippen LogP) is 1.68. The third-order valence-corrected chi connectivity index (χ3v) is 3.46. The van der Waals surface area contributed by atoms with Gasteiger partial charge in [-0.1, -0.05) is 16.4 Å². The van der Waals surface area contributed by atoms with Crippen LogP contribution in [0.5, 0.6) is 0 Å². The number of nitrogens with two attached hydrogens (primary N) is 1. The SMILES string of the molecule is Cc1ccc2c(c1)nnn2S(=O)[O-].Cc1onc(N)c1C.Cl. The molecule has 120 valence electrons. The van der Waals surface area contributed by atoms with Gasteiger partial charge in [0.05, 0.1) is 11.3 Å². The average Bonchev–Trinajstić information content (AvgIpc) is 2.98. The smallest absolute Gasteiger partial charge is 0.169 e. The summed E-state index contributed by atoms with van der Waals surface area (Å²) < 4.78 is 26.8. The Kier molecular flexibility index (Phi) is 6.03. The first kappa shape index (κ1) is 18.1. The number of halogens is 1. The molecule has 2 N–H and O–H groups in total. The van der Waals surface area contributed by atoms with E-state index in [0.29, 0.717) is 16.9 Å². The van der Waals surface area contributed by atoms with E-state index in [1.165, 1.54) is 0 Å². The largest absolute Gasteiger partial charge is 0.754 e. The van der Waals surface area contributed by atoms with E-state index in [9.17, 15) is 8.76 Å². The standard InChI is InChI=1S/C7H7N3O2S.C5H8N2O.ClH/c1-5-2-3-7-6(4-5)8-9-10(7)13(11)12;1-3-4(2)8-7-5(3)6;/h2-4H,1H3,(H,11,12);1-2H3,(H2,6,7);1H/p-1. The normalized spacial score (nSPS) is 11.5. The highest BCUT2D eigenvalue weighted by atomic mass is 35.5. The van der Waals surface area contributed by atoms with Crippen molar-refractivity contribution in [2.45, 2.75) is 20.8 Å². The van der Waals surface area contributed by atoms with Crippen molar-refractivity contribution in [2.24, 2.45) is 0 Å².